The van der Waals surface area contributed by atoms with Crippen molar-refractivity contribution in [3.8, 4) is 0 Å². The Hall–Kier alpha value is -2.21. The largest absolute Gasteiger partial charge is 0.460 e. The first-order valence-corrected chi connectivity index (χ1v) is 10.6. The number of halogens is 14. The highest BCUT2D eigenvalue weighted by molar-refractivity contribution is 5.89. The van der Waals surface area contributed by atoms with Gasteiger partial charge in [-0.2, -0.15) is 61.5 Å². The molecule has 19 heteroatoms. The highest BCUT2D eigenvalue weighted by Crippen LogP contribution is 2.48. The van der Waals surface area contributed by atoms with Gasteiger partial charge in [0.2, 0.25) is 5.78 Å². The first kappa shape index (κ1) is 42.3. The van der Waals surface area contributed by atoms with Crippen molar-refractivity contribution >= 4 is 17.7 Å². The minimum atomic E-state index is -6.65. The lowest BCUT2D eigenvalue weighted by molar-refractivity contribution is -0.347. The average molecular weight is 625 g/mol. The first-order valence-electron chi connectivity index (χ1n) is 10.6. The Morgan fingerprint density at radius 3 is 1.12 bits per heavy atom. The molecule has 0 aliphatic heterocycles. The first-order chi connectivity index (χ1) is 17.0. The maximum atomic E-state index is 12.8. The van der Waals surface area contributed by atoms with E-state index >= 15 is 0 Å². The summed E-state index contributed by atoms with van der Waals surface area (Å²) in [6.07, 6.45) is -14.4. The third kappa shape index (κ3) is 12.5. The fourth-order valence-corrected chi connectivity index (χ4v) is 1.50. The summed E-state index contributed by atoms with van der Waals surface area (Å²) < 4.78 is 172. The molecule has 0 aliphatic carbocycles. The van der Waals surface area contributed by atoms with Crippen LogP contribution in [0.15, 0.2) is 0 Å². The molecule has 0 rings (SSSR count). The lowest BCUT2D eigenvalue weighted by Gasteiger charge is -2.28. The van der Waals surface area contributed by atoms with Crippen LogP contribution >= 0.6 is 0 Å². The van der Waals surface area contributed by atoms with Crippen molar-refractivity contribution in [2.24, 2.45) is 16.6 Å². The number of esters is 2. The molecule has 0 amide bonds. The van der Waals surface area contributed by atoms with Gasteiger partial charge in [-0.1, -0.05) is 41.5 Å². The van der Waals surface area contributed by atoms with Crippen molar-refractivity contribution in [3.05, 3.63) is 0 Å². The lowest BCUT2D eigenvalue weighted by atomic mass is 9.88. The second kappa shape index (κ2) is 13.6. The van der Waals surface area contributed by atoms with Crippen LogP contribution < -0.4 is 5.73 Å². The summed E-state index contributed by atoms with van der Waals surface area (Å²) in [4.78, 5) is 31.0. The van der Waals surface area contributed by atoms with E-state index in [0.29, 0.717) is 12.3 Å². The van der Waals surface area contributed by atoms with Gasteiger partial charge >= 0.3 is 48.0 Å². The van der Waals surface area contributed by atoms with Gasteiger partial charge in [0, 0.05) is 13.3 Å². The minimum Gasteiger partial charge on any atom is -0.389 e. The third-order valence-electron chi connectivity index (χ3n) is 4.06. The summed E-state index contributed by atoms with van der Waals surface area (Å²) in [5.74, 6) is -32.3. The van der Waals surface area contributed by atoms with Crippen LogP contribution in [0, 0.1) is 10.8 Å². The molecule has 0 fully saturated rings. The number of carbonyl (C=O) groups is 3. The zero-order valence-electron chi connectivity index (χ0n) is 22.1. The van der Waals surface area contributed by atoms with E-state index in [9.17, 15) is 75.8 Å². The van der Waals surface area contributed by atoms with Gasteiger partial charge in [0.25, 0.3) is 0 Å². The Morgan fingerprint density at radius 1 is 0.600 bits per heavy atom. The Bertz CT molecular complexity index is 851. The van der Waals surface area contributed by atoms with Crippen LogP contribution in [0.25, 0.3) is 0 Å². The minimum absolute atomic E-state index is 0.213. The van der Waals surface area contributed by atoms with E-state index in [4.69, 9.17) is 5.73 Å². The van der Waals surface area contributed by atoms with Crippen molar-refractivity contribution in [1.29, 1.82) is 0 Å². The van der Waals surface area contributed by atoms with Crippen molar-refractivity contribution in [2.45, 2.75) is 97.4 Å². The molecule has 0 saturated carbocycles. The normalized spacial score (nSPS) is 13.8. The van der Waals surface area contributed by atoms with E-state index in [-0.39, 0.29) is 6.42 Å². The molecule has 0 unspecified atom stereocenters. The molecule has 240 valence electrons. The molecule has 5 nitrogen and oxygen atoms in total. The topological polar surface area (TPSA) is 86.5 Å². The van der Waals surface area contributed by atoms with Gasteiger partial charge in [-0.25, -0.2) is 4.79 Å². The number of hydrogen-bond acceptors (Lipinski definition) is 5. The zero-order chi connectivity index (χ0) is 33.6. The second-order valence-electron chi connectivity index (χ2n) is 10.4. The highest BCUT2D eigenvalue weighted by atomic mass is 19.4. The van der Waals surface area contributed by atoms with Gasteiger partial charge in [-0.05, 0) is 23.8 Å². The Balaban J connectivity index is -0.000000572. The number of ketones is 1. The highest BCUT2D eigenvalue weighted by Gasteiger charge is 2.77. The standard InChI is InChI=1S/C10H13F7O.C6H3F7O3.C5H13N/c1-7(2,3)5-4-6(18)8(11,12)9(13,14)10(15,16)17;1-2(14)16-3(15)4(7,8)5(9,10)6(11,12)13;1-5(2,3)4-6/h4-5H2,1-3H3;1H3;4,6H2,1-3H3. The molecule has 0 atom stereocenters. The maximum Gasteiger partial charge on any atom is 0.460 e. The van der Waals surface area contributed by atoms with Crippen LogP contribution in [0.4, 0.5) is 61.5 Å². The smallest absolute Gasteiger partial charge is 0.389 e. The predicted octanol–water partition coefficient (Wildman–Crippen LogP) is 7.11. The third-order valence-corrected chi connectivity index (χ3v) is 4.06. The Kier molecular flexibility index (Phi) is 14.4. The van der Waals surface area contributed by atoms with E-state index in [1.54, 1.807) is 20.8 Å². The van der Waals surface area contributed by atoms with E-state index in [1.807, 2.05) is 0 Å². The van der Waals surface area contributed by atoms with Crippen LogP contribution in [-0.2, 0) is 19.1 Å². The van der Waals surface area contributed by atoms with E-state index in [2.05, 4.69) is 25.5 Å². The molecule has 2 N–H and O–H groups in total. The van der Waals surface area contributed by atoms with Gasteiger partial charge in [0.1, 0.15) is 0 Å². The summed E-state index contributed by atoms with van der Waals surface area (Å²) in [5.41, 5.74) is 5.00. The SMILES string of the molecule is CC(=O)OC(=O)C(F)(F)C(F)(F)C(F)(F)F.CC(C)(C)CCC(=O)C(F)(F)C(F)(F)C(F)(F)F.CC(C)(C)CN. The van der Waals surface area contributed by atoms with Gasteiger partial charge in [0.15, 0.2) is 0 Å². The molecule has 0 bridgehead atoms. The molecule has 40 heavy (non-hydrogen) atoms. The molecule has 0 radical (unpaired) electrons. The quantitative estimate of drug-likeness (QED) is 0.193. The van der Waals surface area contributed by atoms with Gasteiger partial charge in [-0.15, -0.1) is 0 Å². The summed E-state index contributed by atoms with van der Waals surface area (Å²) in [7, 11) is 0. The van der Waals surface area contributed by atoms with Gasteiger partial charge in [-0.3, -0.25) is 9.59 Å². The molecule has 0 aliphatic rings. The number of Topliss-reactive ketones (excluding diaryl/α,β-unsaturated/α-hetero) is 1. The molecule has 0 aromatic heterocycles. The molecule has 0 heterocycles. The molecule has 0 saturated heterocycles. The number of hydrogen-bond donors (Lipinski definition) is 1. The molecule has 0 aromatic carbocycles. The lowest BCUT2D eigenvalue weighted by Crippen LogP contribution is -2.56. The summed E-state index contributed by atoms with van der Waals surface area (Å²) >= 11 is 0. The summed E-state index contributed by atoms with van der Waals surface area (Å²) in [6.45, 7) is 12.1. The second-order valence-corrected chi connectivity index (χ2v) is 10.4. The van der Waals surface area contributed by atoms with Crippen LogP contribution in [0.5, 0.6) is 0 Å². The van der Waals surface area contributed by atoms with Crippen LogP contribution in [-0.4, -0.2) is 60.3 Å². The number of alkyl halides is 14. The van der Waals surface area contributed by atoms with Crippen LogP contribution in [0.1, 0.15) is 61.3 Å². The molecule has 0 aromatic rings. The van der Waals surface area contributed by atoms with Crippen molar-refractivity contribution in [2.75, 3.05) is 6.54 Å². The van der Waals surface area contributed by atoms with E-state index in [0.717, 1.165) is 6.54 Å². The Labute approximate surface area is 219 Å². The van der Waals surface area contributed by atoms with E-state index in [1.165, 1.54) is 0 Å². The predicted molar refractivity (Wildman–Crippen MR) is 111 cm³/mol. The van der Waals surface area contributed by atoms with Crippen molar-refractivity contribution in [3.63, 3.8) is 0 Å². The number of rotatable bonds is 6. The zero-order valence-corrected chi connectivity index (χ0v) is 22.1. The maximum absolute atomic E-state index is 12.8. The summed E-state index contributed by atoms with van der Waals surface area (Å²) in [6, 6.07) is 0. The fourth-order valence-electron chi connectivity index (χ4n) is 1.50. The monoisotopic (exact) mass is 625 g/mol. The van der Waals surface area contributed by atoms with Crippen LogP contribution in [0.3, 0.4) is 0 Å². The molecular formula is C21H29F14NO4. The Morgan fingerprint density at radius 2 is 0.900 bits per heavy atom. The van der Waals surface area contributed by atoms with Crippen LogP contribution in [0.2, 0.25) is 0 Å². The summed E-state index contributed by atoms with van der Waals surface area (Å²) in [5, 5.41) is 0. The fraction of sp³-hybridized carbons (Fsp3) is 0.857. The van der Waals surface area contributed by atoms with E-state index < -0.39 is 65.6 Å². The van der Waals surface area contributed by atoms with Gasteiger partial charge < -0.3 is 10.5 Å². The van der Waals surface area contributed by atoms with Crippen molar-refractivity contribution < 1.29 is 80.6 Å². The average Bonchev–Trinajstić information content (AvgIpc) is 2.69. The number of ether oxygens (including phenoxy) is 1. The number of nitrogens with two attached hydrogens (primary N) is 1. The number of carbonyl (C=O) groups excluding carboxylic acids is 3. The molecular weight excluding hydrogens is 596 g/mol. The van der Waals surface area contributed by atoms with Gasteiger partial charge in [0.05, 0.1) is 0 Å². The van der Waals surface area contributed by atoms with Crippen molar-refractivity contribution in [1.82, 2.24) is 0 Å². The molecule has 0 spiro atoms.